The highest BCUT2D eigenvalue weighted by molar-refractivity contribution is 14.0. The lowest BCUT2D eigenvalue weighted by Gasteiger charge is -2.26. The summed E-state index contributed by atoms with van der Waals surface area (Å²) in [6.45, 7) is 5.35. The van der Waals surface area contributed by atoms with Crippen LogP contribution in [0.4, 0.5) is 5.69 Å². The summed E-state index contributed by atoms with van der Waals surface area (Å²) in [5.41, 5.74) is 2.62. The summed E-state index contributed by atoms with van der Waals surface area (Å²) in [6, 6.07) is 13.7. The second kappa shape index (κ2) is 11.8. The Morgan fingerprint density at radius 2 is 1.97 bits per heavy atom. The largest absolute Gasteiger partial charge is 0.372 e. The zero-order chi connectivity index (χ0) is 19.9. The molecule has 0 bridgehead atoms. The number of nitrogens with one attached hydrogen (secondary N) is 2. The molecule has 1 fully saturated rings. The Bertz CT molecular complexity index is 756. The number of likely N-dealkylation sites (N-methyl/N-ethyl adjacent to an activating group) is 1. The van der Waals surface area contributed by atoms with Gasteiger partial charge in [0.1, 0.15) is 0 Å². The van der Waals surface area contributed by atoms with Gasteiger partial charge in [-0.15, -0.1) is 35.3 Å². The lowest BCUT2D eigenvalue weighted by atomic mass is 10.1. The molecule has 1 aliphatic heterocycles. The Morgan fingerprint density at radius 1 is 1.21 bits per heavy atom. The van der Waals surface area contributed by atoms with E-state index in [4.69, 9.17) is 0 Å². The SMILES string of the molecule is CN=C(NCC(c1cccs1)N(C)C)NC(C)c1cccc(N2CCCC2)c1.I. The number of aliphatic imine (C=N–C) groups is 1. The molecule has 0 aliphatic carbocycles. The predicted molar refractivity (Wildman–Crippen MR) is 137 cm³/mol. The van der Waals surface area contributed by atoms with E-state index in [-0.39, 0.29) is 30.0 Å². The molecule has 0 radical (unpaired) electrons. The number of guanidine groups is 1. The predicted octanol–water partition coefficient (Wildman–Crippen LogP) is 4.50. The number of hydrogen-bond acceptors (Lipinski definition) is 4. The molecule has 2 N–H and O–H groups in total. The summed E-state index contributed by atoms with van der Waals surface area (Å²) in [5.74, 6) is 0.836. The van der Waals surface area contributed by atoms with Crippen LogP contribution in [0.5, 0.6) is 0 Å². The molecule has 1 aliphatic rings. The van der Waals surface area contributed by atoms with Gasteiger partial charge in [-0.3, -0.25) is 4.99 Å². The van der Waals surface area contributed by atoms with Crippen molar-refractivity contribution in [1.29, 1.82) is 0 Å². The monoisotopic (exact) mass is 527 g/mol. The Kier molecular flexibility index (Phi) is 9.71. The fourth-order valence-corrected chi connectivity index (χ4v) is 4.58. The van der Waals surface area contributed by atoms with Crippen molar-refractivity contribution in [3.63, 3.8) is 0 Å². The van der Waals surface area contributed by atoms with E-state index in [1.807, 2.05) is 7.05 Å². The van der Waals surface area contributed by atoms with Crippen LogP contribution in [0.1, 0.15) is 42.3 Å². The summed E-state index contributed by atoms with van der Waals surface area (Å²) < 4.78 is 0. The van der Waals surface area contributed by atoms with Crippen molar-refractivity contribution in [3.8, 4) is 0 Å². The highest BCUT2D eigenvalue weighted by Crippen LogP contribution is 2.24. The minimum absolute atomic E-state index is 0. The van der Waals surface area contributed by atoms with Crippen molar-refractivity contribution in [2.75, 3.05) is 45.7 Å². The molecule has 2 heterocycles. The maximum Gasteiger partial charge on any atom is 0.191 e. The molecule has 0 amide bonds. The Morgan fingerprint density at radius 3 is 2.59 bits per heavy atom. The maximum absolute atomic E-state index is 4.43. The summed E-state index contributed by atoms with van der Waals surface area (Å²) in [6.07, 6.45) is 2.59. The summed E-state index contributed by atoms with van der Waals surface area (Å²) in [5, 5.41) is 9.18. The van der Waals surface area contributed by atoms with Gasteiger partial charge >= 0.3 is 0 Å². The Balaban J connectivity index is 0.00000300. The quantitative estimate of drug-likeness (QED) is 0.316. The Labute approximate surface area is 196 Å². The number of nitrogens with zero attached hydrogens (tertiary/aromatic N) is 3. The second-order valence-corrected chi connectivity index (χ2v) is 8.58. The molecule has 3 rings (SSSR count). The minimum atomic E-state index is 0. The van der Waals surface area contributed by atoms with E-state index in [0.717, 1.165) is 12.5 Å². The lowest BCUT2D eigenvalue weighted by Crippen LogP contribution is -2.42. The molecular formula is C22H34IN5S. The van der Waals surface area contributed by atoms with Crippen molar-refractivity contribution in [1.82, 2.24) is 15.5 Å². The van der Waals surface area contributed by atoms with E-state index in [1.54, 1.807) is 11.3 Å². The number of halogens is 1. The van der Waals surface area contributed by atoms with Crippen LogP contribution >= 0.6 is 35.3 Å². The third kappa shape index (κ3) is 6.58. The van der Waals surface area contributed by atoms with Crippen molar-refractivity contribution >= 4 is 47.0 Å². The zero-order valence-electron chi connectivity index (χ0n) is 17.9. The topological polar surface area (TPSA) is 42.9 Å². The molecule has 5 nitrogen and oxygen atoms in total. The van der Waals surface area contributed by atoms with Crippen LogP contribution in [0.3, 0.4) is 0 Å². The Hall–Kier alpha value is -1.32. The van der Waals surface area contributed by atoms with Gasteiger partial charge in [0.05, 0.1) is 12.1 Å². The van der Waals surface area contributed by atoms with Crippen molar-refractivity contribution in [2.45, 2.75) is 31.8 Å². The highest BCUT2D eigenvalue weighted by atomic mass is 127. The molecule has 2 unspecified atom stereocenters. The number of hydrogen-bond donors (Lipinski definition) is 2. The van der Waals surface area contributed by atoms with Gasteiger partial charge in [0.2, 0.25) is 0 Å². The highest BCUT2D eigenvalue weighted by Gasteiger charge is 2.17. The summed E-state index contributed by atoms with van der Waals surface area (Å²) in [7, 11) is 6.07. The fourth-order valence-electron chi connectivity index (χ4n) is 3.66. The van der Waals surface area contributed by atoms with Crippen molar-refractivity contribution < 1.29 is 0 Å². The van der Waals surface area contributed by atoms with Crippen LogP contribution < -0.4 is 15.5 Å². The van der Waals surface area contributed by atoms with Crippen LogP contribution in [0.25, 0.3) is 0 Å². The number of anilines is 1. The minimum Gasteiger partial charge on any atom is -0.372 e. The van der Waals surface area contributed by atoms with Gasteiger partial charge in [-0.2, -0.15) is 0 Å². The average molecular weight is 528 g/mol. The normalized spacial score (nSPS) is 16.4. The maximum atomic E-state index is 4.43. The van der Waals surface area contributed by atoms with Gasteiger partial charge in [-0.05, 0) is 63.0 Å². The van der Waals surface area contributed by atoms with Crippen molar-refractivity contribution in [3.05, 3.63) is 52.2 Å². The van der Waals surface area contributed by atoms with E-state index in [9.17, 15) is 0 Å². The summed E-state index contributed by atoms with van der Waals surface area (Å²) in [4.78, 5) is 10.5. The molecule has 0 saturated carbocycles. The molecule has 160 valence electrons. The average Bonchev–Trinajstić information content (AvgIpc) is 3.41. The molecule has 1 aromatic heterocycles. The van der Waals surface area contributed by atoms with Gasteiger partial charge in [0, 0.05) is 37.2 Å². The van der Waals surface area contributed by atoms with Gasteiger partial charge in [0.25, 0.3) is 0 Å². The molecule has 0 spiro atoms. The molecule has 1 saturated heterocycles. The molecule has 2 atom stereocenters. The molecule has 7 heteroatoms. The third-order valence-corrected chi connectivity index (χ3v) is 6.35. The first-order valence-electron chi connectivity index (χ1n) is 10.1. The van der Waals surface area contributed by atoms with Gasteiger partial charge < -0.3 is 20.4 Å². The van der Waals surface area contributed by atoms with E-state index in [2.05, 4.69) is 88.2 Å². The van der Waals surface area contributed by atoms with E-state index in [1.165, 1.54) is 42.1 Å². The van der Waals surface area contributed by atoms with Crippen LogP contribution in [0.2, 0.25) is 0 Å². The van der Waals surface area contributed by atoms with Gasteiger partial charge in [0.15, 0.2) is 5.96 Å². The lowest BCUT2D eigenvalue weighted by molar-refractivity contribution is 0.302. The summed E-state index contributed by atoms with van der Waals surface area (Å²) >= 11 is 1.80. The number of rotatable bonds is 7. The molecule has 29 heavy (non-hydrogen) atoms. The fraction of sp³-hybridized carbons (Fsp3) is 0.500. The molecular weight excluding hydrogens is 493 g/mol. The first kappa shape index (κ1) is 24.0. The van der Waals surface area contributed by atoms with E-state index < -0.39 is 0 Å². The zero-order valence-corrected chi connectivity index (χ0v) is 21.0. The van der Waals surface area contributed by atoms with Gasteiger partial charge in [-0.1, -0.05) is 18.2 Å². The molecule has 1 aromatic carbocycles. The van der Waals surface area contributed by atoms with Crippen LogP contribution in [0, 0.1) is 0 Å². The van der Waals surface area contributed by atoms with E-state index >= 15 is 0 Å². The van der Waals surface area contributed by atoms with E-state index in [0.29, 0.717) is 6.04 Å². The third-order valence-electron chi connectivity index (χ3n) is 5.38. The van der Waals surface area contributed by atoms with Crippen LogP contribution in [-0.4, -0.2) is 51.6 Å². The number of benzene rings is 1. The van der Waals surface area contributed by atoms with Crippen LogP contribution in [0.15, 0.2) is 46.8 Å². The number of thiophene rings is 1. The molecule has 2 aromatic rings. The first-order valence-corrected chi connectivity index (χ1v) is 11.0. The van der Waals surface area contributed by atoms with Gasteiger partial charge in [-0.25, -0.2) is 0 Å². The second-order valence-electron chi connectivity index (χ2n) is 7.60. The smallest absolute Gasteiger partial charge is 0.191 e. The standard InChI is InChI=1S/C22H33N5S.HI/c1-17(18-9-7-10-19(15-18)27-12-5-6-13-27)25-22(23-2)24-16-20(26(3)4)21-11-8-14-28-21;/h7-11,14-15,17,20H,5-6,12-13,16H2,1-4H3,(H2,23,24,25);1H. The first-order chi connectivity index (χ1) is 13.6. The van der Waals surface area contributed by atoms with Crippen LogP contribution in [-0.2, 0) is 0 Å². The van der Waals surface area contributed by atoms with Crippen molar-refractivity contribution in [2.24, 2.45) is 4.99 Å².